The first-order valence-corrected chi connectivity index (χ1v) is 16.4. The lowest BCUT2D eigenvalue weighted by Gasteiger charge is -2.32. The Morgan fingerprint density at radius 1 is 1.02 bits per heavy atom. The molecule has 1 amide bonds. The quantitative estimate of drug-likeness (QED) is 0.0403. The summed E-state index contributed by atoms with van der Waals surface area (Å²) < 4.78 is 18.5. The van der Waals surface area contributed by atoms with E-state index in [1.807, 2.05) is 84.9 Å². The van der Waals surface area contributed by atoms with Crippen LogP contribution < -0.4 is 20.3 Å². The van der Waals surface area contributed by atoms with Crippen molar-refractivity contribution in [3.8, 4) is 11.5 Å². The van der Waals surface area contributed by atoms with Crippen molar-refractivity contribution in [2.45, 2.75) is 37.5 Å². The third kappa shape index (κ3) is 8.34. The number of nitrogens with zero attached hydrogens (tertiary/aromatic N) is 4. The Bertz CT molecular complexity index is 1760. The molecule has 5 rings (SSSR count). The van der Waals surface area contributed by atoms with Crippen LogP contribution in [-0.4, -0.2) is 49.3 Å². The molecule has 0 bridgehead atoms. The van der Waals surface area contributed by atoms with Crippen molar-refractivity contribution in [1.29, 1.82) is 0 Å². The molecule has 12 heteroatoms. The molecule has 1 aliphatic heterocycles. The number of rotatable bonds is 16. The van der Waals surface area contributed by atoms with Crippen molar-refractivity contribution in [2.24, 2.45) is 10.1 Å². The maximum Gasteiger partial charge on any atom is 0.266 e. The van der Waals surface area contributed by atoms with Crippen LogP contribution in [0.4, 0.5) is 0 Å². The molecule has 2 atom stereocenters. The zero-order chi connectivity index (χ0) is 33.8. The minimum Gasteiger partial charge on any atom is -0.497 e. The predicted molar refractivity (Wildman–Crippen MR) is 187 cm³/mol. The van der Waals surface area contributed by atoms with Crippen molar-refractivity contribution in [1.82, 2.24) is 10.9 Å². The topological polar surface area (TPSA) is 150 Å². The first kappa shape index (κ1) is 34.5. The number of hydrogen-bond acceptors (Lipinski definition) is 8. The maximum absolute atomic E-state index is 14.5. The number of aliphatic imine (C=N–C) groups is 1. The second-order valence-electron chi connectivity index (χ2n) is 11.1. The SMILES string of the molecule is COc1ccc(CCNNC(=O)[C@@]2(Cc3ccccc3Br)N=C(c3ccc(OCCCO)cc3)O[C@H]2c2ccccc2CN=[N+]=[N-])cc1. The summed E-state index contributed by atoms with van der Waals surface area (Å²) in [7, 11) is 1.63. The molecule has 0 unspecified atom stereocenters. The van der Waals surface area contributed by atoms with Gasteiger partial charge in [0.15, 0.2) is 11.6 Å². The highest BCUT2D eigenvalue weighted by atomic mass is 79.9. The number of amides is 1. The second kappa shape index (κ2) is 16.8. The Labute approximate surface area is 287 Å². The van der Waals surface area contributed by atoms with Crippen LogP contribution in [0, 0.1) is 0 Å². The Morgan fingerprint density at radius 2 is 1.73 bits per heavy atom. The number of carbonyl (C=O) groups excluding carboxylic acids is 1. The van der Waals surface area contributed by atoms with Crippen molar-refractivity contribution in [3.05, 3.63) is 140 Å². The first-order valence-electron chi connectivity index (χ1n) is 15.6. The number of aliphatic hydroxyl groups is 1. The summed E-state index contributed by atoms with van der Waals surface area (Å²) in [4.78, 5) is 22.6. The summed E-state index contributed by atoms with van der Waals surface area (Å²) in [5, 5.41) is 12.9. The molecule has 0 aliphatic carbocycles. The average Bonchev–Trinajstić information content (AvgIpc) is 3.51. The molecular formula is C36H37BrN6O5. The molecule has 1 heterocycles. The van der Waals surface area contributed by atoms with Crippen molar-refractivity contribution in [3.63, 3.8) is 0 Å². The summed E-state index contributed by atoms with van der Waals surface area (Å²) in [6.07, 6.45) is 0.522. The number of methoxy groups -OCH3 is 1. The molecule has 4 aromatic rings. The van der Waals surface area contributed by atoms with Gasteiger partial charge in [-0.2, -0.15) is 0 Å². The van der Waals surface area contributed by atoms with E-state index in [1.165, 1.54) is 0 Å². The molecule has 0 spiro atoms. The van der Waals surface area contributed by atoms with E-state index in [0.717, 1.165) is 26.9 Å². The van der Waals surface area contributed by atoms with Crippen molar-refractivity contribution < 1.29 is 24.1 Å². The molecule has 1 aliphatic rings. The van der Waals surface area contributed by atoms with Gasteiger partial charge in [0.25, 0.3) is 5.91 Å². The second-order valence-corrected chi connectivity index (χ2v) is 12.0. The Hall–Kier alpha value is -4.87. The summed E-state index contributed by atoms with van der Waals surface area (Å²) in [6.45, 7) is 0.979. The smallest absolute Gasteiger partial charge is 0.266 e. The molecule has 0 saturated carbocycles. The molecule has 0 radical (unpaired) electrons. The van der Waals surface area contributed by atoms with E-state index < -0.39 is 11.6 Å². The Balaban J connectivity index is 1.51. The van der Waals surface area contributed by atoms with E-state index in [2.05, 4.69) is 36.8 Å². The van der Waals surface area contributed by atoms with Gasteiger partial charge in [-0.1, -0.05) is 75.6 Å². The lowest BCUT2D eigenvalue weighted by molar-refractivity contribution is -0.130. The van der Waals surface area contributed by atoms with Crippen LogP contribution in [-0.2, 0) is 28.9 Å². The van der Waals surface area contributed by atoms with E-state index >= 15 is 0 Å². The number of nitrogens with one attached hydrogen (secondary N) is 2. The lowest BCUT2D eigenvalue weighted by atomic mass is 9.80. The van der Waals surface area contributed by atoms with Crippen LogP contribution in [0.5, 0.6) is 11.5 Å². The molecule has 4 aromatic carbocycles. The summed E-state index contributed by atoms with van der Waals surface area (Å²) >= 11 is 3.67. The highest BCUT2D eigenvalue weighted by Crippen LogP contribution is 2.44. The van der Waals surface area contributed by atoms with Crippen LogP contribution >= 0.6 is 15.9 Å². The van der Waals surface area contributed by atoms with Gasteiger partial charge < -0.3 is 19.3 Å². The van der Waals surface area contributed by atoms with E-state index in [-0.39, 0.29) is 25.5 Å². The minimum atomic E-state index is -1.46. The van der Waals surface area contributed by atoms with E-state index in [9.17, 15) is 4.79 Å². The first-order chi connectivity index (χ1) is 23.5. The van der Waals surface area contributed by atoms with Gasteiger partial charge in [-0.25, -0.2) is 10.4 Å². The molecule has 48 heavy (non-hydrogen) atoms. The van der Waals surface area contributed by atoms with Gasteiger partial charge in [0.1, 0.15) is 11.5 Å². The van der Waals surface area contributed by atoms with Gasteiger partial charge in [0.2, 0.25) is 5.90 Å². The number of halogens is 1. The largest absolute Gasteiger partial charge is 0.497 e. The number of ether oxygens (including phenoxy) is 3. The van der Waals surface area contributed by atoms with Gasteiger partial charge in [-0.3, -0.25) is 10.2 Å². The van der Waals surface area contributed by atoms with E-state index in [0.29, 0.717) is 48.8 Å². The Kier molecular flexibility index (Phi) is 12.1. The third-order valence-corrected chi connectivity index (χ3v) is 8.76. The van der Waals surface area contributed by atoms with Crippen LogP contribution in [0.25, 0.3) is 10.4 Å². The highest BCUT2D eigenvalue weighted by molar-refractivity contribution is 9.10. The van der Waals surface area contributed by atoms with Crippen LogP contribution in [0.1, 0.15) is 40.3 Å². The summed E-state index contributed by atoms with van der Waals surface area (Å²) in [5.41, 5.74) is 17.7. The number of hydrazine groups is 1. The number of carbonyl (C=O) groups is 1. The predicted octanol–water partition coefficient (Wildman–Crippen LogP) is 6.39. The van der Waals surface area contributed by atoms with Crippen LogP contribution in [0.15, 0.2) is 112 Å². The zero-order valence-electron chi connectivity index (χ0n) is 26.5. The monoisotopic (exact) mass is 712 g/mol. The highest BCUT2D eigenvalue weighted by Gasteiger charge is 2.54. The number of hydrogen-bond donors (Lipinski definition) is 3. The standard InChI is InChI=1S/C36H37BrN6O5/c1-46-29-15-11-25(12-16-29)19-20-39-42-35(45)36(23-27-7-3-5-10-32(27)37)33(31-9-4-2-8-28(31)24-40-43-38)48-34(41-36)26-13-17-30(18-14-26)47-22-6-21-44/h2-5,7-18,33,39,44H,6,19-24H2,1H3,(H,42,45)/t33-,36-/m0/s1. The average molecular weight is 714 g/mol. The third-order valence-electron chi connectivity index (χ3n) is 7.99. The fourth-order valence-corrected chi connectivity index (χ4v) is 5.91. The molecular weight excluding hydrogens is 676 g/mol. The molecule has 0 saturated heterocycles. The zero-order valence-corrected chi connectivity index (χ0v) is 28.1. The summed E-state index contributed by atoms with van der Waals surface area (Å²) in [6, 6.07) is 30.2. The van der Waals surface area contributed by atoms with Gasteiger partial charge in [0.05, 0.1) is 20.3 Å². The lowest BCUT2D eigenvalue weighted by Crippen LogP contribution is -2.54. The maximum atomic E-state index is 14.5. The van der Waals surface area contributed by atoms with E-state index in [4.69, 9.17) is 29.8 Å². The Morgan fingerprint density at radius 3 is 2.44 bits per heavy atom. The van der Waals surface area contributed by atoms with Gasteiger partial charge in [-0.05, 0) is 76.7 Å². The number of aliphatic hydroxyl groups excluding tert-OH is 1. The molecule has 248 valence electrons. The summed E-state index contributed by atoms with van der Waals surface area (Å²) in [5.74, 6) is 1.33. The normalized spacial score (nSPS) is 16.7. The fourth-order valence-electron chi connectivity index (χ4n) is 5.48. The van der Waals surface area contributed by atoms with E-state index in [1.54, 1.807) is 19.2 Å². The molecule has 11 nitrogen and oxygen atoms in total. The van der Waals surface area contributed by atoms with Crippen molar-refractivity contribution in [2.75, 3.05) is 26.9 Å². The number of benzene rings is 4. The molecule has 3 N–H and O–H groups in total. The molecule has 0 fully saturated rings. The van der Waals surface area contributed by atoms with Gasteiger partial charge >= 0.3 is 0 Å². The fraction of sp³-hybridized carbons (Fsp3) is 0.278. The molecule has 0 aromatic heterocycles. The number of azide groups is 1. The van der Waals surface area contributed by atoms with Crippen LogP contribution in [0.3, 0.4) is 0 Å². The minimum absolute atomic E-state index is 0.0449. The van der Waals surface area contributed by atoms with Crippen LogP contribution in [0.2, 0.25) is 0 Å². The van der Waals surface area contributed by atoms with Gasteiger partial charge in [0, 0.05) is 40.9 Å². The van der Waals surface area contributed by atoms with Gasteiger partial charge in [-0.15, -0.1) is 0 Å². The van der Waals surface area contributed by atoms with Crippen molar-refractivity contribution >= 4 is 27.7 Å².